The molecule has 0 aliphatic carbocycles. The van der Waals surface area contributed by atoms with Crippen molar-refractivity contribution in [3.05, 3.63) is 24.3 Å². The number of hydrogen-bond acceptors (Lipinski definition) is 2. The van der Waals surface area contributed by atoms with Crippen LogP contribution in [0.3, 0.4) is 0 Å². The molecular formula is C8H10O2. The highest BCUT2D eigenvalue weighted by Gasteiger charge is 2.19. The zero-order valence-electron chi connectivity index (χ0n) is 5.96. The lowest BCUT2D eigenvalue weighted by atomic mass is 10.0. The summed E-state index contributed by atoms with van der Waals surface area (Å²) in [7, 11) is 0. The predicted octanol–water partition coefficient (Wildman–Crippen LogP) is 1.29. The molecule has 54 valence electrons. The number of esters is 1. The molecule has 0 amide bonds. The summed E-state index contributed by atoms with van der Waals surface area (Å²) in [4.78, 5) is 10.8. The summed E-state index contributed by atoms with van der Waals surface area (Å²) in [6.45, 7) is 5.94. The van der Waals surface area contributed by atoms with Gasteiger partial charge >= 0.3 is 5.97 Å². The first-order chi connectivity index (χ1) is 4.75. The van der Waals surface area contributed by atoms with Gasteiger partial charge in [-0.1, -0.05) is 13.0 Å². The normalized spacial score (nSPS) is 19.7. The average molecular weight is 138 g/mol. The Hall–Kier alpha value is -1.05. The van der Waals surface area contributed by atoms with Crippen LogP contribution < -0.4 is 0 Å². The molecule has 1 aliphatic heterocycles. The Morgan fingerprint density at radius 1 is 1.90 bits per heavy atom. The molecule has 2 nitrogen and oxygen atoms in total. The van der Waals surface area contributed by atoms with Crippen molar-refractivity contribution in [2.24, 2.45) is 5.92 Å². The molecule has 0 N–H and O–H groups in total. The topological polar surface area (TPSA) is 26.3 Å². The van der Waals surface area contributed by atoms with Gasteiger partial charge in [0.1, 0.15) is 6.61 Å². The molecule has 0 bridgehead atoms. The second-order valence-electron chi connectivity index (χ2n) is 2.28. The van der Waals surface area contributed by atoms with E-state index >= 15 is 0 Å². The molecule has 0 aromatic rings. The molecule has 0 fully saturated rings. The summed E-state index contributed by atoms with van der Waals surface area (Å²) in [5.74, 6) is -0.0811. The van der Waals surface area contributed by atoms with E-state index in [-0.39, 0.29) is 11.9 Å². The number of allylic oxidation sites excluding steroid dienone is 1. The minimum Gasteiger partial charge on any atom is -0.458 e. The Labute approximate surface area is 60.2 Å². The lowest BCUT2D eigenvalue weighted by molar-refractivity contribution is -0.136. The van der Waals surface area contributed by atoms with Crippen molar-refractivity contribution in [3.8, 4) is 0 Å². The zero-order valence-corrected chi connectivity index (χ0v) is 5.96. The van der Waals surface area contributed by atoms with Gasteiger partial charge in [-0.15, -0.1) is 6.58 Å². The Balaban J connectivity index is 2.71. The van der Waals surface area contributed by atoms with Gasteiger partial charge in [-0.2, -0.15) is 0 Å². The minimum absolute atomic E-state index is 0.120. The smallest absolute Gasteiger partial charge is 0.334 e. The molecule has 0 aromatic heterocycles. The van der Waals surface area contributed by atoms with Gasteiger partial charge in [0.25, 0.3) is 0 Å². The van der Waals surface area contributed by atoms with Crippen LogP contribution in [0.5, 0.6) is 0 Å². The summed E-state index contributed by atoms with van der Waals surface area (Å²) in [5, 5.41) is 0. The van der Waals surface area contributed by atoms with Crippen LogP contribution in [-0.2, 0) is 9.53 Å². The van der Waals surface area contributed by atoms with Crippen molar-refractivity contribution in [1.82, 2.24) is 0 Å². The van der Waals surface area contributed by atoms with Crippen LogP contribution in [0.4, 0.5) is 0 Å². The first-order valence-electron chi connectivity index (χ1n) is 3.25. The van der Waals surface area contributed by atoms with Gasteiger partial charge in [0.2, 0.25) is 0 Å². The van der Waals surface area contributed by atoms with Crippen molar-refractivity contribution in [2.75, 3.05) is 6.61 Å². The standard InChI is InChI=1S/C8H10O2/c1-3-6(2)7-4-5-10-8(7)9/h3-4,6H,1,5H2,2H3. The third-order valence-electron chi connectivity index (χ3n) is 1.60. The van der Waals surface area contributed by atoms with E-state index in [1.807, 2.05) is 6.92 Å². The Bertz CT molecular complexity index is 191. The minimum atomic E-state index is -0.201. The molecule has 1 heterocycles. The van der Waals surface area contributed by atoms with E-state index < -0.39 is 0 Å². The van der Waals surface area contributed by atoms with Crippen molar-refractivity contribution < 1.29 is 9.53 Å². The van der Waals surface area contributed by atoms with E-state index in [0.29, 0.717) is 6.61 Å². The SMILES string of the molecule is C=CC(C)C1=CCOC1=O. The van der Waals surface area contributed by atoms with Crippen LogP contribution in [0, 0.1) is 5.92 Å². The van der Waals surface area contributed by atoms with Crippen LogP contribution in [0.2, 0.25) is 0 Å². The first-order valence-corrected chi connectivity index (χ1v) is 3.25. The second kappa shape index (κ2) is 2.69. The molecule has 0 saturated carbocycles. The Kier molecular flexibility index (Phi) is 1.90. The lowest BCUT2D eigenvalue weighted by Gasteiger charge is -2.02. The molecule has 1 aliphatic rings. The van der Waals surface area contributed by atoms with Crippen LogP contribution in [0.25, 0.3) is 0 Å². The molecule has 1 rings (SSSR count). The van der Waals surface area contributed by atoms with Gasteiger partial charge in [0, 0.05) is 11.5 Å². The van der Waals surface area contributed by atoms with E-state index in [1.54, 1.807) is 12.2 Å². The number of rotatable bonds is 2. The number of cyclic esters (lactones) is 1. The fraction of sp³-hybridized carbons (Fsp3) is 0.375. The van der Waals surface area contributed by atoms with E-state index in [4.69, 9.17) is 4.74 Å². The molecular weight excluding hydrogens is 128 g/mol. The monoisotopic (exact) mass is 138 g/mol. The van der Waals surface area contributed by atoms with E-state index in [1.165, 1.54) is 0 Å². The van der Waals surface area contributed by atoms with E-state index in [9.17, 15) is 4.79 Å². The number of carbonyl (C=O) groups is 1. The largest absolute Gasteiger partial charge is 0.458 e. The molecule has 0 saturated heterocycles. The van der Waals surface area contributed by atoms with E-state index in [0.717, 1.165) is 5.57 Å². The van der Waals surface area contributed by atoms with Crippen LogP contribution in [0.1, 0.15) is 6.92 Å². The summed E-state index contributed by atoms with van der Waals surface area (Å²) >= 11 is 0. The van der Waals surface area contributed by atoms with Gasteiger partial charge in [-0.25, -0.2) is 4.79 Å². The molecule has 0 radical (unpaired) electrons. The fourth-order valence-corrected chi connectivity index (χ4v) is 0.873. The van der Waals surface area contributed by atoms with Crippen LogP contribution >= 0.6 is 0 Å². The highest BCUT2D eigenvalue weighted by atomic mass is 16.5. The molecule has 2 heteroatoms. The summed E-state index contributed by atoms with van der Waals surface area (Å²) in [6, 6.07) is 0. The fourth-order valence-electron chi connectivity index (χ4n) is 0.873. The van der Waals surface area contributed by atoms with Gasteiger partial charge in [-0.05, 0) is 6.08 Å². The van der Waals surface area contributed by atoms with Crippen molar-refractivity contribution >= 4 is 5.97 Å². The molecule has 10 heavy (non-hydrogen) atoms. The molecule has 0 aromatic carbocycles. The predicted molar refractivity (Wildman–Crippen MR) is 38.4 cm³/mol. The quantitative estimate of drug-likeness (QED) is 0.424. The molecule has 1 atom stereocenters. The van der Waals surface area contributed by atoms with Crippen LogP contribution in [0.15, 0.2) is 24.3 Å². The summed E-state index contributed by atoms with van der Waals surface area (Å²) in [5.41, 5.74) is 0.731. The maximum Gasteiger partial charge on any atom is 0.334 e. The number of ether oxygens (including phenoxy) is 1. The van der Waals surface area contributed by atoms with Gasteiger partial charge in [-0.3, -0.25) is 0 Å². The summed E-state index contributed by atoms with van der Waals surface area (Å²) < 4.78 is 4.71. The summed E-state index contributed by atoms with van der Waals surface area (Å²) in [6.07, 6.45) is 3.53. The van der Waals surface area contributed by atoms with Gasteiger partial charge < -0.3 is 4.74 Å². The molecule has 0 spiro atoms. The van der Waals surface area contributed by atoms with Crippen molar-refractivity contribution in [2.45, 2.75) is 6.92 Å². The Morgan fingerprint density at radius 2 is 2.60 bits per heavy atom. The highest BCUT2D eigenvalue weighted by Crippen LogP contribution is 2.17. The van der Waals surface area contributed by atoms with Gasteiger partial charge in [0.15, 0.2) is 0 Å². The average Bonchev–Trinajstić information content (AvgIpc) is 2.34. The highest BCUT2D eigenvalue weighted by molar-refractivity contribution is 5.91. The second-order valence-corrected chi connectivity index (χ2v) is 2.28. The van der Waals surface area contributed by atoms with Crippen molar-refractivity contribution in [1.29, 1.82) is 0 Å². The molecule has 1 unspecified atom stereocenters. The van der Waals surface area contributed by atoms with Gasteiger partial charge in [0.05, 0.1) is 0 Å². The van der Waals surface area contributed by atoms with Crippen LogP contribution in [-0.4, -0.2) is 12.6 Å². The first kappa shape index (κ1) is 7.06. The third-order valence-corrected chi connectivity index (χ3v) is 1.60. The lowest BCUT2D eigenvalue weighted by Crippen LogP contribution is -2.05. The van der Waals surface area contributed by atoms with Crippen molar-refractivity contribution in [3.63, 3.8) is 0 Å². The number of carbonyl (C=O) groups excluding carboxylic acids is 1. The third kappa shape index (κ3) is 1.10. The Morgan fingerprint density at radius 3 is 3.00 bits per heavy atom. The zero-order chi connectivity index (χ0) is 7.56. The number of hydrogen-bond donors (Lipinski definition) is 0. The maximum atomic E-state index is 10.8. The van der Waals surface area contributed by atoms with E-state index in [2.05, 4.69) is 6.58 Å². The maximum absolute atomic E-state index is 10.8.